The molecule has 2 heterocycles. The number of hydrogen-bond acceptors (Lipinski definition) is 3. The van der Waals surface area contributed by atoms with Gasteiger partial charge in [-0.1, -0.05) is 42.6 Å². The standard InChI is InChI=1S/C27H30Cl2N2O2/c1-17(24-11-6-14-30-24)21-16-31(27(32)26-22(28)9-5-10-23(26)29)25-13-12-19(15-20(21)25)33-18-7-3-2-4-8-18/h5,9-10,12-13,15-18,24,30H,2-4,6-8,11,14H2,1H3. The smallest absolute Gasteiger partial charge is 0.265 e. The maximum absolute atomic E-state index is 13.6. The van der Waals surface area contributed by atoms with E-state index in [4.69, 9.17) is 27.9 Å². The SMILES string of the molecule is CC(c1cn(C(=O)c2c(Cl)cccc2Cl)c2ccc(OC3CCCCC3)cc12)C1CCCN1. The van der Waals surface area contributed by atoms with Crippen LogP contribution in [0.2, 0.25) is 10.0 Å². The van der Waals surface area contributed by atoms with Crippen molar-refractivity contribution >= 4 is 40.0 Å². The maximum atomic E-state index is 13.6. The number of carbonyl (C=O) groups is 1. The molecule has 2 aliphatic rings. The van der Waals surface area contributed by atoms with Crippen LogP contribution in [0.1, 0.15) is 73.7 Å². The molecule has 3 aromatic rings. The molecule has 0 spiro atoms. The Morgan fingerprint density at radius 1 is 1.06 bits per heavy atom. The summed E-state index contributed by atoms with van der Waals surface area (Å²) in [7, 11) is 0. The molecule has 6 heteroatoms. The van der Waals surface area contributed by atoms with Crippen LogP contribution in [0.25, 0.3) is 10.9 Å². The van der Waals surface area contributed by atoms with E-state index in [-0.39, 0.29) is 17.9 Å². The number of nitrogens with zero attached hydrogens (tertiary/aromatic N) is 1. The van der Waals surface area contributed by atoms with E-state index in [1.807, 2.05) is 18.3 Å². The molecule has 1 aliphatic carbocycles. The maximum Gasteiger partial charge on any atom is 0.265 e. The monoisotopic (exact) mass is 484 g/mol. The third kappa shape index (κ3) is 4.53. The quantitative estimate of drug-likeness (QED) is 0.416. The lowest BCUT2D eigenvalue weighted by Crippen LogP contribution is -2.27. The molecule has 2 unspecified atom stereocenters. The van der Waals surface area contributed by atoms with Gasteiger partial charge in [-0.3, -0.25) is 9.36 Å². The molecule has 1 saturated carbocycles. The lowest BCUT2D eigenvalue weighted by molar-refractivity contribution is 0.0965. The minimum absolute atomic E-state index is 0.214. The molecular formula is C27H30Cl2N2O2. The molecule has 2 atom stereocenters. The van der Waals surface area contributed by atoms with Gasteiger partial charge in [-0.2, -0.15) is 0 Å². The predicted molar refractivity (Wildman–Crippen MR) is 135 cm³/mol. The fraction of sp³-hybridized carbons (Fsp3) is 0.444. The van der Waals surface area contributed by atoms with E-state index in [9.17, 15) is 4.79 Å². The predicted octanol–water partition coefficient (Wildman–Crippen LogP) is 7.20. The number of fused-ring (bicyclic) bond motifs is 1. The summed E-state index contributed by atoms with van der Waals surface area (Å²) < 4.78 is 8.07. The van der Waals surface area contributed by atoms with E-state index in [1.165, 1.54) is 25.7 Å². The summed E-state index contributed by atoms with van der Waals surface area (Å²) in [4.78, 5) is 13.6. The number of nitrogens with one attached hydrogen (secondary N) is 1. The second kappa shape index (κ2) is 9.69. The minimum Gasteiger partial charge on any atom is -0.490 e. The molecule has 2 aromatic carbocycles. The van der Waals surface area contributed by atoms with Gasteiger partial charge in [0.1, 0.15) is 5.75 Å². The Hall–Kier alpha value is -2.01. The van der Waals surface area contributed by atoms with E-state index in [2.05, 4.69) is 18.3 Å². The van der Waals surface area contributed by atoms with Crippen LogP contribution in [0.3, 0.4) is 0 Å². The van der Waals surface area contributed by atoms with E-state index in [0.29, 0.717) is 21.7 Å². The molecule has 0 amide bonds. The van der Waals surface area contributed by atoms with Crippen molar-refractivity contribution in [2.24, 2.45) is 0 Å². The molecule has 0 radical (unpaired) electrons. The van der Waals surface area contributed by atoms with Crippen molar-refractivity contribution in [3.63, 3.8) is 0 Å². The summed E-state index contributed by atoms with van der Waals surface area (Å²) >= 11 is 12.8. The van der Waals surface area contributed by atoms with Crippen LogP contribution >= 0.6 is 23.2 Å². The average Bonchev–Trinajstić information content (AvgIpc) is 3.48. The molecule has 1 N–H and O–H groups in total. The number of hydrogen-bond donors (Lipinski definition) is 1. The van der Waals surface area contributed by atoms with Crippen LogP contribution in [0, 0.1) is 0 Å². The zero-order valence-corrected chi connectivity index (χ0v) is 20.5. The van der Waals surface area contributed by atoms with E-state index >= 15 is 0 Å². The number of ether oxygens (including phenoxy) is 1. The van der Waals surface area contributed by atoms with Crippen molar-refractivity contribution in [2.75, 3.05) is 6.54 Å². The highest BCUT2D eigenvalue weighted by Gasteiger charge is 2.28. The molecular weight excluding hydrogens is 455 g/mol. The normalized spacial score (nSPS) is 20.3. The highest BCUT2D eigenvalue weighted by molar-refractivity contribution is 6.40. The zero-order valence-electron chi connectivity index (χ0n) is 18.9. The Labute approximate surface area is 205 Å². The molecule has 174 valence electrons. The molecule has 1 saturated heterocycles. The molecule has 0 bridgehead atoms. The summed E-state index contributed by atoms with van der Waals surface area (Å²) in [6.07, 6.45) is 10.5. The van der Waals surface area contributed by atoms with Gasteiger partial charge in [0.15, 0.2) is 0 Å². The molecule has 5 rings (SSSR count). The van der Waals surface area contributed by atoms with Crippen molar-refractivity contribution in [1.29, 1.82) is 0 Å². The van der Waals surface area contributed by atoms with Crippen molar-refractivity contribution in [1.82, 2.24) is 9.88 Å². The summed E-state index contributed by atoms with van der Waals surface area (Å²) in [6, 6.07) is 11.6. The first-order valence-corrected chi connectivity index (χ1v) is 12.8. The summed E-state index contributed by atoms with van der Waals surface area (Å²) in [5, 5.41) is 5.40. The highest BCUT2D eigenvalue weighted by atomic mass is 35.5. The molecule has 33 heavy (non-hydrogen) atoms. The molecule has 2 fully saturated rings. The van der Waals surface area contributed by atoms with Crippen LogP contribution in [0.5, 0.6) is 5.75 Å². The van der Waals surface area contributed by atoms with Crippen molar-refractivity contribution in [2.45, 2.75) is 69.9 Å². The molecule has 4 nitrogen and oxygen atoms in total. The lowest BCUT2D eigenvalue weighted by atomic mass is 9.92. The van der Waals surface area contributed by atoms with Crippen LogP contribution in [-0.4, -0.2) is 29.2 Å². The van der Waals surface area contributed by atoms with Crippen LogP contribution in [0.4, 0.5) is 0 Å². The van der Waals surface area contributed by atoms with Gasteiger partial charge in [0.2, 0.25) is 0 Å². The Kier molecular flexibility index (Phi) is 6.69. The topological polar surface area (TPSA) is 43.3 Å². The van der Waals surface area contributed by atoms with E-state index in [0.717, 1.165) is 48.0 Å². The first-order valence-electron chi connectivity index (χ1n) is 12.1. The fourth-order valence-corrected chi connectivity index (χ4v) is 5.95. The average molecular weight is 485 g/mol. The Balaban J connectivity index is 1.58. The molecule has 1 aliphatic heterocycles. The van der Waals surface area contributed by atoms with Gasteiger partial charge < -0.3 is 10.1 Å². The van der Waals surface area contributed by atoms with Gasteiger partial charge in [-0.25, -0.2) is 0 Å². The van der Waals surface area contributed by atoms with Crippen molar-refractivity contribution in [3.05, 3.63) is 63.8 Å². The van der Waals surface area contributed by atoms with Gasteiger partial charge in [0.25, 0.3) is 5.91 Å². The highest BCUT2D eigenvalue weighted by Crippen LogP contribution is 2.36. The number of benzene rings is 2. The van der Waals surface area contributed by atoms with Crippen molar-refractivity contribution < 1.29 is 9.53 Å². The first kappa shape index (κ1) is 22.8. The van der Waals surface area contributed by atoms with E-state index in [1.54, 1.807) is 22.8 Å². The minimum atomic E-state index is -0.214. The Bertz CT molecular complexity index is 1140. The summed E-state index contributed by atoms with van der Waals surface area (Å²) in [5.41, 5.74) is 2.33. The van der Waals surface area contributed by atoms with Crippen molar-refractivity contribution in [3.8, 4) is 5.75 Å². The van der Waals surface area contributed by atoms with Gasteiger partial charge in [-0.15, -0.1) is 0 Å². The van der Waals surface area contributed by atoms with Gasteiger partial charge in [0.05, 0.1) is 27.2 Å². The molecule has 1 aromatic heterocycles. The summed E-state index contributed by atoms with van der Waals surface area (Å²) in [5.74, 6) is 0.924. The second-order valence-corrected chi connectivity index (χ2v) is 10.2. The number of halogens is 2. The third-order valence-electron chi connectivity index (χ3n) is 7.25. The van der Waals surface area contributed by atoms with Crippen LogP contribution in [-0.2, 0) is 0 Å². The van der Waals surface area contributed by atoms with Crippen LogP contribution in [0.15, 0.2) is 42.6 Å². The van der Waals surface area contributed by atoms with Gasteiger partial charge in [0, 0.05) is 17.6 Å². The lowest BCUT2D eigenvalue weighted by Gasteiger charge is -2.23. The number of rotatable bonds is 5. The Morgan fingerprint density at radius 3 is 2.52 bits per heavy atom. The van der Waals surface area contributed by atoms with Gasteiger partial charge >= 0.3 is 0 Å². The third-order valence-corrected chi connectivity index (χ3v) is 7.88. The fourth-order valence-electron chi connectivity index (χ4n) is 5.39. The number of aromatic nitrogens is 1. The van der Waals surface area contributed by atoms with Gasteiger partial charge in [-0.05, 0) is 86.9 Å². The Morgan fingerprint density at radius 2 is 1.82 bits per heavy atom. The van der Waals surface area contributed by atoms with Crippen LogP contribution < -0.4 is 10.1 Å². The van der Waals surface area contributed by atoms with E-state index < -0.39 is 0 Å². The zero-order chi connectivity index (χ0) is 22.9. The largest absolute Gasteiger partial charge is 0.490 e. The first-order chi connectivity index (χ1) is 16.0. The second-order valence-electron chi connectivity index (χ2n) is 9.40. The summed E-state index contributed by atoms with van der Waals surface area (Å²) in [6.45, 7) is 3.28. The number of carbonyl (C=O) groups excluding carboxylic acids is 1.